The Labute approximate surface area is 171 Å². The van der Waals surface area contributed by atoms with Crippen molar-refractivity contribution in [1.29, 1.82) is 0 Å². The van der Waals surface area contributed by atoms with E-state index in [-0.39, 0.29) is 23.0 Å². The third-order valence-corrected chi connectivity index (χ3v) is 5.37. The molecule has 0 N–H and O–H groups in total. The van der Waals surface area contributed by atoms with Crippen LogP contribution in [0, 0.1) is 13.8 Å². The maximum atomic E-state index is 12.7. The first kappa shape index (κ1) is 19.1. The molecule has 6 nitrogen and oxygen atoms in total. The Bertz CT molecular complexity index is 1340. The topological polar surface area (TPSA) is 74.1 Å². The quantitative estimate of drug-likeness (QED) is 0.377. The molecule has 0 radical (unpaired) electrons. The SMILES string of the molecule is Cc1ccc2cc(COC(=O)c3nn(C)c(=O)c4ccccc34)c(Cl)nc2c1C. The van der Waals surface area contributed by atoms with E-state index < -0.39 is 5.97 Å². The van der Waals surface area contributed by atoms with Crippen LogP contribution >= 0.6 is 11.6 Å². The molecule has 2 aromatic heterocycles. The van der Waals surface area contributed by atoms with E-state index in [1.54, 1.807) is 24.3 Å². The molecule has 0 aliphatic heterocycles. The minimum absolute atomic E-state index is 0.0492. The molecule has 29 heavy (non-hydrogen) atoms. The molecular formula is C22H18ClN3O3. The van der Waals surface area contributed by atoms with E-state index >= 15 is 0 Å². The summed E-state index contributed by atoms with van der Waals surface area (Å²) in [4.78, 5) is 29.4. The number of esters is 1. The minimum Gasteiger partial charge on any atom is -0.456 e. The van der Waals surface area contributed by atoms with Crippen molar-refractivity contribution in [2.24, 2.45) is 7.05 Å². The molecular weight excluding hydrogens is 390 g/mol. The lowest BCUT2D eigenvalue weighted by Gasteiger charge is -2.11. The Kier molecular flexibility index (Phi) is 4.80. The van der Waals surface area contributed by atoms with Gasteiger partial charge in [0.05, 0.1) is 10.9 Å². The van der Waals surface area contributed by atoms with Gasteiger partial charge in [0.25, 0.3) is 5.56 Å². The molecule has 4 aromatic rings. The van der Waals surface area contributed by atoms with E-state index in [0.717, 1.165) is 26.7 Å². The number of hydrogen-bond acceptors (Lipinski definition) is 5. The number of carbonyl (C=O) groups excluding carboxylic acids is 1. The second-order valence-electron chi connectivity index (χ2n) is 6.92. The number of nitrogens with zero attached hydrogens (tertiary/aromatic N) is 3. The Morgan fingerprint density at radius 2 is 1.86 bits per heavy atom. The van der Waals surface area contributed by atoms with Crippen LogP contribution in [0.1, 0.15) is 27.2 Å². The largest absolute Gasteiger partial charge is 0.456 e. The van der Waals surface area contributed by atoms with E-state index in [9.17, 15) is 9.59 Å². The molecule has 0 spiro atoms. The second kappa shape index (κ2) is 7.29. The van der Waals surface area contributed by atoms with E-state index in [0.29, 0.717) is 16.3 Å². The average molecular weight is 408 g/mol. The molecule has 0 saturated heterocycles. The van der Waals surface area contributed by atoms with Crippen LogP contribution in [0.5, 0.6) is 0 Å². The third-order valence-electron chi connectivity index (χ3n) is 5.05. The fourth-order valence-corrected chi connectivity index (χ4v) is 3.46. The number of benzene rings is 2. The smallest absolute Gasteiger partial charge is 0.359 e. The van der Waals surface area contributed by atoms with Crippen LogP contribution < -0.4 is 5.56 Å². The maximum absolute atomic E-state index is 12.7. The number of ether oxygens (including phenoxy) is 1. The molecule has 2 heterocycles. The first-order valence-corrected chi connectivity index (χ1v) is 9.43. The molecule has 0 aliphatic rings. The second-order valence-corrected chi connectivity index (χ2v) is 7.27. The number of aryl methyl sites for hydroxylation is 3. The first-order chi connectivity index (χ1) is 13.9. The van der Waals surface area contributed by atoms with Crippen LogP contribution in [0.15, 0.2) is 47.3 Å². The van der Waals surface area contributed by atoms with E-state index in [1.165, 1.54) is 7.05 Å². The van der Waals surface area contributed by atoms with Gasteiger partial charge in [-0.1, -0.05) is 41.9 Å². The molecule has 146 valence electrons. The van der Waals surface area contributed by atoms with Gasteiger partial charge < -0.3 is 4.74 Å². The highest BCUT2D eigenvalue weighted by Crippen LogP contribution is 2.25. The summed E-state index contributed by atoms with van der Waals surface area (Å²) in [6.45, 7) is 3.97. The molecule has 2 aromatic carbocycles. The highest BCUT2D eigenvalue weighted by molar-refractivity contribution is 6.30. The number of carbonyl (C=O) groups is 1. The molecule has 0 unspecified atom stereocenters. The molecule has 0 amide bonds. The van der Waals surface area contributed by atoms with Gasteiger partial charge in [0, 0.05) is 23.4 Å². The van der Waals surface area contributed by atoms with Crippen LogP contribution in [0.4, 0.5) is 0 Å². The van der Waals surface area contributed by atoms with Crippen LogP contribution in [0.25, 0.3) is 21.7 Å². The van der Waals surface area contributed by atoms with Crippen molar-refractivity contribution >= 4 is 39.2 Å². The van der Waals surface area contributed by atoms with Crippen molar-refractivity contribution < 1.29 is 9.53 Å². The third kappa shape index (κ3) is 3.36. The van der Waals surface area contributed by atoms with Gasteiger partial charge in [-0.2, -0.15) is 5.10 Å². The van der Waals surface area contributed by atoms with Crippen LogP contribution in [-0.4, -0.2) is 20.7 Å². The zero-order chi connectivity index (χ0) is 20.7. The monoisotopic (exact) mass is 407 g/mol. The molecule has 0 bridgehead atoms. The van der Waals surface area contributed by atoms with Gasteiger partial charge >= 0.3 is 5.97 Å². The lowest BCUT2D eigenvalue weighted by atomic mass is 10.0. The summed E-state index contributed by atoms with van der Waals surface area (Å²) in [7, 11) is 1.50. The van der Waals surface area contributed by atoms with Gasteiger partial charge in [0.1, 0.15) is 11.8 Å². The summed E-state index contributed by atoms with van der Waals surface area (Å²) in [5, 5.41) is 6.17. The zero-order valence-electron chi connectivity index (χ0n) is 16.2. The standard InChI is InChI=1S/C22H18ClN3O3/c1-12-8-9-14-10-15(20(23)24-18(14)13(12)2)11-29-22(28)19-16-6-4-5-7-17(16)21(27)26(3)25-19/h4-10H,11H2,1-3H3. The van der Waals surface area contributed by atoms with Crippen molar-refractivity contribution in [1.82, 2.24) is 14.8 Å². The summed E-state index contributed by atoms with van der Waals surface area (Å²) in [5.74, 6) is -0.631. The Hall–Kier alpha value is -3.25. The number of hydrogen-bond donors (Lipinski definition) is 0. The maximum Gasteiger partial charge on any atom is 0.359 e. The summed E-state index contributed by atoms with van der Waals surface area (Å²) in [5.41, 5.74) is 3.44. The van der Waals surface area contributed by atoms with Crippen molar-refractivity contribution in [2.45, 2.75) is 20.5 Å². The predicted octanol–water partition coefficient (Wildman–Crippen LogP) is 4.11. The summed E-state index contributed by atoms with van der Waals surface area (Å²) in [6.07, 6.45) is 0. The van der Waals surface area contributed by atoms with E-state index in [4.69, 9.17) is 16.3 Å². The van der Waals surface area contributed by atoms with Gasteiger partial charge in [-0.3, -0.25) is 4.79 Å². The van der Waals surface area contributed by atoms with Crippen molar-refractivity contribution in [3.63, 3.8) is 0 Å². The predicted molar refractivity (Wildman–Crippen MR) is 112 cm³/mol. The number of rotatable bonds is 3. The van der Waals surface area contributed by atoms with E-state index in [1.807, 2.05) is 32.0 Å². The number of fused-ring (bicyclic) bond motifs is 2. The highest BCUT2D eigenvalue weighted by Gasteiger charge is 2.18. The first-order valence-electron chi connectivity index (χ1n) is 9.05. The fourth-order valence-electron chi connectivity index (χ4n) is 3.27. The van der Waals surface area contributed by atoms with Crippen molar-refractivity contribution in [2.75, 3.05) is 0 Å². The van der Waals surface area contributed by atoms with Gasteiger partial charge in [-0.25, -0.2) is 14.5 Å². The van der Waals surface area contributed by atoms with Crippen LogP contribution in [0.3, 0.4) is 0 Å². The molecule has 4 rings (SSSR count). The van der Waals surface area contributed by atoms with Gasteiger partial charge in [-0.15, -0.1) is 0 Å². The number of aromatic nitrogens is 3. The summed E-state index contributed by atoms with van der Waals surface area (Å²) < 4.78 is 6.59. The lowest BCUT2D eigenvalue weighted by molar-refractivity contribution is 0.0465. The fraction of sp³-hybridized carbons (Fsp3) is 0.182. The number of pyridine rings is 1. The molecule has 0 aliphatic carbocycles. The normalized spacial score (nSPS) is 11.2. The van der Waals surface area contributed by atoms with Crippen molar-refractivity contribution in [3.8, 4) is 0 Å². The summed E-state index contributed by atoms with van der Waals surface area (Å²) >= 11 is 6.33. The number of halogens is 1. The van der Waals surface area contributed by atoms with Gasteiger partial charge in [0.2, 0.25) is 0 Å². The van der Waals surface area contributed by atoms with Gasteiger partial charge in [0.15, 0.2) is 5.69 Å². The Balaban J connectivity index is 1.67. The summed E-state index contributed by atoms with van der Waals surface area (Å²) in [6, 6.07) is 12.7. The van der Waals surface area contributed by atoms with Crippen molar-refractivity contribution in [3.05, 3.63) is 80.4 Å². The molecule has 7 heteroatoms. The van der Waals surface area contributed by atoms with Crippen LogP contribution in [0.2, 0.25) is 5.15 Å². The highest BCUT2D eigenvalue weighted by atomic mass is 35.5. The lowest BCUT2D eigenvalue weighted by Crippen LogP contribution is -2.23. The average Bonchev–Trinajstić information content (AvgIpc) is 2.72. The Morgan fingerprint density at radius 1 is 1.14 bits per heavy atom. The molecule has 0 atom stereocenters. The molecule has 0 saturated carbocycles. The zero-order valence-corrected chi connectivity index (χ0v) is 16.9. The van der Waals surface area contributed by atoms with Crippen LogP contribution in [-0.2, 0) is 18.4 Å². The molecule has 0 fully saturated rings. The van der Waals surface area contributed by atoms with Gasteiger partial charge in [-0.05, 0) is 37.1 Å². The van der Waals surface area contributed by atoms with E-state index in [2.05, 4.69) is 10.1 Å². The minimum atomic E-state index is -0.631. The Morgan fingerprint density at radius 3 is 2.62 bits per heavy atom.